The van der Waals surface area contributed by atoms with Crippen LogP contribution < -0.4 is 11.5 Å². The Labute approximate surface area is 105 Å². The summed E-state index contributed by atoms with van der Waals surface area (Å²) in [7, 11) is 0. The van der Waals surface area contributed by atoms with Crippen molar-refractivity contribution in [2.24, 2.45) is 5.73 Å². The zero-order valence-corrected chi connectivity index (χ0v) is 9.93. The van der Waals surface area contributed by atoms with Crippen LogP contribution in [-0.4, -0.2) is 9.97 Å². The highest BCUT2D eigenvalue weighted by atomic mass is 35.5. The van der Waals surface area contributed by atoms with Gasteiger partial charge in [0.2, 0.25) is 0 Å². The first kappa shape index (κ1) is 11.8. The van der Waals surface area contributed by atoms with Crippen LogP contribution in [0.1, 0.15) is 17.3 Å². The molecule has 0 radical (unpaired) electrons. The van der Waals surface area contributed by atoms with Crippen LogP contribution in [0.5, 0.6) is 0 Å². The van der Waals surface area contributed by atoms with Crippen molar-refractivity contribution in [2.45, 2.75) is 12.5 Å². The van der Waals surface area contributed by atoms with Gasteiger partial charge in [0.15, 0.2) is 0 Å². The van der Waals surface area contributed by atoms with Crippen LogP contribution in [0, 0.1) is 0 Å². The second-order valence-corrected chi connectivity index (χ2v) is 4.20. The second-order valence-electron chi connectivity index (χ2n) is 3.76. The number of hydrogen-bond acceptors (Lipinski definition) is 4. The lowest BCUT2D eigenvalue weighted by Gasteiger charge is -2.12. The molecule has 2 rings (SSSR count). The Balaban J connectivity index is 2.14. The van der Waals surface area contributed by atoms with Gasteiger partial charge in [0.1, 0.15) is 5.82 Å². The van der Waals surface area contributed by atoms with Crippen molar-refractivity contribution in [2.75, 3.05) is 5.73 Å². The summed E-state index contributed by atoms with van der Waals surface area (Å²) in [5, 5.41) is 0.599. The molecular formula is C12H13ClN4. The van der Waals surface area contributed by atoms with Gasteiger partial charge >= 0.3 is 0 Å². The van der Waals surface area contributed by atoms with Gasteiger partial charge in [-0.15, -0.1) is 0 Å². The first-order valence-electron chi connectivity index (χ1n) is 5.23. The van der Waals surface area contributed by atoms with Gasteiger partial charge in [0.05, 0.1) is 16.8 Å². The van der Waals surface area contributed by atoms with Gasteiger partial charge < -0.3 is 11.5 Å². The predicted octanol–water partition coefficient (Wildman–Crippen LogP) is 1.95. The van der Waals surface area contributed by atoms with Gasteiger partial charge in [-0.05, 0) is 30.2 Å². The van der Waals surface area contributed by atoms with E-state index in [0.29, 0.717) is 17.3 Å². The average molecular weight is 249 g/mol. The molecule has 0 saturated heterocycles. The molecule has 4 nitrogen and oxygen atoms in total. The van der Waals surface area contributed by atoms with E-state index in [9.17, 15) is 0 Å². The molecule has 0 aromatic carbocycles. The highest BCUT2D eigenvalue weighted by molar-refractivity contribution is 6.30. The van der Waals surface area contributed by atoms with Crippen molar-refractivity contribution >= 4 is 17.4 Å². The minimum absolute atomic E-state index is 0.209. The molecule has 0 aliphatic rings. The Kier molecular flexibility index (Phi) is 3.56. The number of anilines is 1. The normalized spacial score (nSPS) is 12.4. The van der Waals surface area contributed by atoms with Crippen molar-refractivity contribution in [1.82, 2.24) is 9.97 Å². The first-order chi connectivity index (χ1) is 8.16. The Hall–Kier alpha value is -1.65. The summed E-state index contributed by atoms with van der Waals surface area (Å²) in [5.41, 5.74) is 13.5. The van der Waals surface area contributed by atoms with Crippen molar-refractivity contribution in [3.63, 3.8) is 0 Å². The average Bonchev–Trinajstić information content (AvgIpc) is 2.33. The number of pyridine rings is 2. The molecule has 88 valence electrons. The van der Waals surface area contributed by atoms with E-state index in [0.717, 1.165) is 11.3 Å². The van der Waals surface area contributed by atoms with Crippen molar-refractivity contribution in [3.8, 4) is 0 Å². The Morgan fingerprint density at radius 1 is 1.24 bits per heavy atom. The summed E-state index contributed by atoms with van der Waals surface area (Å²) in [6.45, 7) is 0. The summed E-state index contributed by atoms with van der Waals surface area (Å²) >= 11 is 5.77. The van der Waals surface area contributed by atoms with Crippen LogP contribution in [0.3, 0.4) is 0 Å². The molecule has 1 unspecified atom stereocenters. The topological polar surface area (TPSA) is 77.8 Å². The highest BCUT2D eigenvalue weighted by Crippen LogP contribution is 2.18. The molecule has 0 saturated carbocycles. The van der Waals surface area contributed by atoms with Crippen LogP contribution in [0.4, 0.5) is 5.82 Å². The fraction of sp³-hybridized carbons (Fsp3) is 0.167. The molecule has 5 heteroatoms. The van der Waals surface area contributed by atoms with Gasteiger partial charge in [-0.25, -0.2) is 4.98 Å². The van der Waals surface area contributed by atoms with E-state index in [4.69, 9.17) is 23.1 Å². The monoisotopic (exact) mass is 248 g/mol. The number of nitrogens with two attached hydrogens (primary N) is 2. The molecule has 17 heavy (non-hydrogen) atoms. The molecule has 2 heterocycles. The lowest BCUT2D eigenvalue weighted by molar-refractivity contribution is 0.696. The molecule has 2 aromatic heterocycles. The van der Waals surface area contributed by atoms with Crippen LogP contribution in [-0.2, 0) is 6.42 Å². The second kappa shape index (κ2) is 5.12. The van der Waals surface area contributed by atoms with E-state index in [2.05, 4.69) is 9.97 Å². The van der Waals surface area contributed by atoms with Gasteiger partial charge in [-0.1, -0.05) is 17.7 Å². The third-order valence-corrected chi connectivity index (χ3v) is 2.72. The minimum atomic E-state index is -0.209. The third kappa shape index (κ3) is 2.93. The maximum atomic E-state index is 6.06. The van der Waals surface area contributed by atoms with Crippen LogP contribution >= 0.6 is 11.6 Å². The molecule has 4 N–H and O–H groups in total. The number of nitrogen functional groups attached to an aromatic ring is 1. The van der Waals surface area contributed by atoms with Gasteiger partial charge in [0.25, 0.3) is 0 Å². The maximum absolute atomic E-state index is 6.06. The molecular weight excluding hydrogens is 236 g/mol. The molecule has 0 amide bonds. The largest absolute Gasteiger partial charge is 0.383 e. The van der Waals surface area contributed by atoms with E-state index in [1.165, 1.54) is 0 Å². The molecule has 0 aliphatic heterocycles. The van der Waals surface area contributed by atoms with Crippen LogP contribution in [0.25, 0.3) is 0 Å². The molecule has 0 aliphatic carbocycles. The van der Waals surface area contributed by atoms with Gasteiger partial charge in [-0.3, -0.25) is 4.98 Å². The number of rotatable bonds is 3. The third-order valence-electron chi connectivity index (χ3n) is 2.50. The fourth-order valence-electron chi connectivity index (χ4n) is 1.57. The predicted molar refractivity (Wildman–Crippen MR) is 68.5 cm³/mol. The Morgan fingerprint density at radius 3 is 2.71 bits per heavy atom. The van der Waals surface area contributed by atoms with Gasteiger partial charge in [0, 0.05) is 12.4 Å². The van der Waals surface area contributed by atoms with Crippen LogP contribution in [0.15, 0.2) is 36.7 Å². The number of aromatic nitrogens is 2. The standard InChI is InChI=1S/C12H13ClN4/c13-9-3-4-11(17-7-9)10(14)6-8-2-1-5-16-12(8)15/h1-5,7,10H,6,14H2,(H2,15,16). The molecule has 0 fully saturated rings. The van der Waals surface area contributed by atoms with Crippen LogP contribution in [0.2, 0.25) is 5.02 Å². The number of halogens is 1. The zero-order chi connectivity index (χ0) is 12.3. The maximum Gasteiger partial charge on any atom is 0.126 e. The Bertz CT molecular complexity index is 498. The van der Waals surface area contributed by atoms with E-state index >= 15 is 0 Å². The lowest BCUT2D eigenvalue weighted by atomic mass is 10.0. The van der Waals surface area contributed by atoms with Gasteiger partial charge in [-0.2, -0.15) is 0 Å². The molecule has 1 atom stereocenters. The lowest BCUT2D eigenvalue weighted by Crippen LogP contribution is -2.15. The zero-order valence-electron chi connectivity index (χ0n) is 9.18. The van der Waals surface area contributed by atoms with E-state index in [-0.39, 0.29) is 6.04 Å². The summed E-state index contributed by atoms with van der Waals surface area (Å²) in [4.78, 5) is 8.21. The van der Waals surface area contributed by atoms with Crippen molar-refractivity contribution in [1.29, 1.82) is 0 Å². The quantitative estimate of drug-likeness (QED) is 0.870. The fourth-order valence-corrected chi connectivity index (χ4v) is 1.68. The smallest absolute Gasteiger partial charge is 0.126 e. The summed E-state index contributed by atoms with van der Waals surface area (Å²) < 4.78 is 0. The minimum Gasteiger partial charge on any atom is -0.383 e. The van der Waals surface area contributed by atoms with E-state index in [1.807, 2.05) is 18.2 Å². The SMILES string of the molecule is Nc1ncccc1CC(N)c1ccc(Cl)cn1. The molecule has 0 spiro atoms. The molecule has 2 aromatic rings. The summed E-state index contributed by atoms with van der Waals surface area (Å²) in [5.74, 6) is 0.511. The van der Waals surface area contributed by atoms with Crippen molar-refractivity contribution < 1.29 is 0 Å². The number of hydrogen-bond donors (Lipinski definition) is 2. The summed E-state index contributed by atoms with van der Waals surface area (Å²) in [6.07, 6.45) is 3.85. The van der Waals surface area contributed by atoms with Crippen molar-refractivity contribution in [3.05, 3.63) is 52.9 Å². The van der Waals surface area contributed by atoms with E-state index in [1.54, 1.807) is 18.5 Å². The van der Waals surface area contributed by atoms with E-state index < -0.39 is 0 Å². The highest BCUT2D eigenvalue weighted by Gasteiger charge is 2.10. The first-order valence-corrected chi connectivity index (χ1v) is 5.61. The molecule has 0 bridgehead atoms. The summed E-state index contributed by atoms with van der Waals surface area (Å²) in [6, 6.07) is 7.14. The Morgan fingerprint density at radius 2 is 2.06 bits per heavy atom. The number of nitrogens with zero attached hydrogens (tertiary/aromatic N) is 2.